The standard InChI is InChI=1S/C14H26N4S/c1-5-15-12(4)13-10-19-14(16-13)18-8-6-17(7-9-18)11(2)3/h10-12,15H,5-9H2,1-4H3. The van der Waals surface area contributed by atoms with Crippen LogP contribution in [-0.2, 0) is 0 Å². The van der Waals surface area contributed by atoms with Crippen LogP contribution in [0.3, 0.4) is 0 Å². The van der Waals surface area contributed by atoms with Crippen molar-refractivity contribution in [1.82, 2.24) is 15.2 Å². The van der Waals surface area contributed by atoms with Crippen LogP contribution in [-0.4, -0.2) is 48.6 Å². The average molecular weight is 282 g/mol. The smallest absolute Gasteiger partial charge is 0.185 e. The summed E-state index contributed by atoms with van der Waals surface area (Å²) in [7, 11) is 0. The average Bonchev–Trinajstić information content (AvgIpc) is 2.89. The highest BCUT2D eigenvalue weighted by atomic mass is 32.1. The van der Waals surface area contributed by atoms with Gasteiger partial charge in [-0.1, -0.05) is 6.92 Å². The molecule has 1 aliphatic rings. The number of nitrogens with one attached hydrogen (secondary N) is 1. The zero-order chi connectivity index (χ0) is 13.8. The molecule has 108 valence electrons. The summed E-state index contributed by atoms with van der Waals surface area (Å²) in [5, 5.41) is 6.79. The molecule has 0 aliphatic carbocycles. The molecular weight excluding hydrogens is 256 g/mol. The van der Waals surface area contributed by atoms with Gasteiger partial charge in [0.15, 0.2) is 5.13 Å². The van der Waals surface area contributed by atoms with Gasteiger partial charge in [0.1, 0.15) is 0 Å². The second-order valence-electron chi connectivity index (χ2n) is 5.45. The van der Waals surface area contributed by atoms with Gasteiger partial charge >= 0.3 is 0 Å². The van der Waals surface area contributed by atoms with Crippen LogP contribution in [0.1, 0.15) is 39.4 Å². The number of nitrogens with zero attached hydrogens (tertiary/aromatic N) is 3. The Hall–Kier alpha value is -0.650. The largest absolute Gasteiger partial charge is 0.346 e. The maximum atomic E-state index is 4.79. The Morgan fingerprint density at radius 1 is 1.26 bits per heavy atom. The predicted octanol–water partition coefficient (Wildman–Crippen LogP) is 2.34. The minimum Gasteiger partial charge on any atom is -0.346 e. The van der Waals surface area contributed by atoms with Crippen molar-refractivity contribution in [1.29, 1.82) is 0 Å². The van der Waals surface area contributed by atoms with Gasteiger partial charge in [0.2, 0.25) is 0 Å². The van der Waals surface area contributed by atoms with Gasteiger partial charge in [-0.15, -0.1) is 11.3 Å². The van der Waals surface area contributed by atoms with Crippen LogP contribution >= 0.6 is 11.3 Å². The SMILES string of the molecule is CCNC(C)c1csc(N2CCN(C(C)C)CC2)n1. The topological polar surface area (TPSA) is 31.4 Å². The summed E-state index contributed by atoms with van der Waals surface area (Å²) in [6.07, 6.45) is 0. The van der Waals surface area contributed by atoms with E-state index in [4.69, 9.17) is 4.98 Å². The van der Waals surface area contributed by atoms with E-state index in [1.165, 1.54) is 10.8 Å². The van der Waals surface area contributed by atoms with Crippen molar-refractivity contribution < 1.29 is 0 Å². The van der Waals surface area contributed by atoms with Crippen molar-refractivity contribution in [2.75, 3.05) is 37.6 Å². The normalized spacial score (nSPS) is 19.1. The number of piperazine rings is 1. The van der Waals surface area contributed by atoms with E-state index in [0.717, 1.165) is 32.7 Å². The summed E-state index contributed by atoms with van der Waals surface area (Å²) in [5.74, 6) is 0. The molecule has 1 aromatic heterocycles. The van der Waals surface area contributed by atoms with Crippen LogP contribution in [0, 0.1) is 0 Å². The number of anilines is 1. The first-order valence-electron chi connectivity index (χ1n) is 7.29. The van der Waals surface area contributed by atoms with Gasteiger partial charge < -0.3 is 10.2 Å². The molecule has 5 heteroatoms. The van der Waals surface area contributed by atoms with E-state index in [1.54, 1.807) is 11.3 Å². The van der Waals surface area contributed by atoms with E-state index in [0.29, 0.717) is 12.1 Å². The number of aromatic nitrogens is 1. The molecule has 0 aromatic carbocycles. The van der Waals surface area contributed by atoms with Gasteiger partial charge in [0.25, 0.3) is 0 Å². The molecule has 1 aromatic rings. The quantitative estimate of drug-likeness (QED) is 0.898. The molecule has 1 unspecified atom stereocenters. The van der Waals surface area contributed by atoms with Crippen molar-refractivity contribution in [3.8, 4) is 0 Å². The molecule has 1 aliphatic heterocycles. The molecule has 0 bridgehead atoms. The Morgan fingerprint density at radius 2 is 1.95 bits per heavy atom. The molecule has 1 atom stereocenters. The molecule has 2 rings (SSSR count). The van der Waals surface area contributed by atoms with Gasteiger partial charge in [0.05, 0.1) is 5.69 Å². The predicted molar refractivity (Wildman–Crippen MR) is 83.1 cm³/mol. The molecule has 19 heavy (non-hydrogen) atoms. The molecule has 1 fully saturated rings. The van der Waals surface area contributed by atoms with E-state index in [2.05, 4.69) is 48.2 Å². The molecule has 4 nitrogen and oxygen atoms in total. The zero-order valence-electron chi connectivity index (χ0n) is 12.5. The molecule has 1 saturated heterocycles. The van der Waals surface area contributed by atoms with E-state index < -0.39 is 0 Å². The third-order valence-corrected chi connectivity index (χ3v) is 4.70. The highest BCUT2D eigenvalue weighted by Gasteiger charge is 2.21. The molecule has 0 radical (unpaired) electrons. The third-order valence-electron chi connectivity index (χ3n) is 3.78. The van der Waals surface area contributed by atoms with Crippen LogP contribution in [0.25, 0.3) is 0 Å². The summed E-state index contributed by atoms with van der Waals surface area (Å²) < 4.78 is 0. The van der Waals surface area contributed by atoms with Crippen molar-refractivity contribution in [3.63, 3.8) is 0 Å². The molecule has 0 spiro atoms. The number of hydrogen-bond acceptors (Lipinski definition) is 5. The van der Waals surface area contributed by atoms with Crippen molar-refractivity contribution >= 4 is 16.5 Å². The third kappa shape index (κ3) is 3.68. The second kappa shape index (κ2) is 6.68. The van der Waals surface area contributed by atoms with E-state index in [1.807, 2.05) is 0 Å². The van der Waals surface area contributed by atoms with Gasteiger partial charge in [0, 0.05) is 43.6 Å². The van der Waals surface area contributed by atoms with Gasteiger partial charge in [-0.25, -0.2) is 4.98 Å². The summed E-state index contributed by atoms with van der Waals surface area (Å²) >= 11 is 1.78. The fourth-order valence-corrected chi connectivity index (χ4v) is 3.43. The first-order valence-corrected chi connectivity index (χ1v) is 8.17. The number of thiazole rings is 1. The van der Waals surface area contributed by atoms with Crippen LogP contribution in [0.4, 0.5) is 5.13 Å². The number of hydrogen-bond donors (Lipinski definition) is 1. The lowest BCUT2D eigenvalue weighted by Gasteiger charge is -2.36. The van der Waals surface area contributed by atoms with Gasteiger partial charge in [-0.05, 0) is 27.3 Å². The highest BCUT2D eigenvalue weighted by Crippen LogP contribution is 2.25. The number of rotatable bonds is 5. The maximum Gasteiger partial charge on any atom is 0.185 e. The summed E-state index contributed by atoms with van der Waals surface area (Å²) in [5.41, 5.74) is 1.17. The van der Waals surface area contributed by atoms with E-state index in [9.17, 15) is 0 Å². The Balaban J connectivity index is 1.93. The van der Waals surface area contributed by atoms with Crippen LogP contribution in [0.2, 0.25) is 0 Å². The van der Waals surface area contributed by atoms with E-state index >= 15 is 0 Å². The monoisotopic (exact) mass is 282 g/mol. The summed E-state index contributed by atoms with van der Waals surface area (Å²) in [6, 6.07) is 1.01. The Labute approximate surface area is 120 Å². The maximum absolute atomic E-state index is 4.79. The highest BCUT2D eigenvalue weighted by molar-refractivity contribution is 7.13. The van der Waals surface area contributed by atoms with Crippen molar-refractivity contribution in [2.45, 2.75) is 39.8 Å². The minimum absolute atomic E-state index is 0.354. The fraction of sp³-hybridized carbons (Fsp3) is 0.786. The summed E-state index contributed by atoms with van der Waals surface area (Å²) in [6.45, 7) is 14.3. The van der Waals surface area contributed by atoms with Gasteiger partial charge in [-0.2, -0.15) is 0 Å². The molecule has 0 saturated carbocycles. The van der Waals surface area contributed by atoms with Crippen LogP contribution in [0.5, 0.6) is 0 Å². The Morgan fingerprint density at radius 3 is 2.53 bits per heavy atom. The zero-order valence-corrected chi connectivity index (χ0v) is 13.3. The first kappa shape index (κ1) is 14.8. The summed E-state index contributed by atoms with van der Waals surface area (Å²) in [4.78, 5) is 9.74. The van der Waals surface area contributed by atoms with Crippen molar-refractivity contribution in [2.24, 2.45) is 0 Å². The van der Waals surface area contributed by atoms with E-state index in [-0.39, 0.29) is 0 Å². The Kier molecular flexibility index (Phi) is 5.19. The molecule has 2 heterocycles. The fourth-order valence-electron chi connectivity index (χ4n) is 2.46. The van der Waals surface area contributed by atoms with Gasteiger partial charge in [-0.3, -0.25) is 4.90 Å². The lowest BCUT2D eigenvalue weighted by Crippen LogP contribution is -2.48. The molecule has 0 amide bonds. The lowest BCUT2D eigenvalue weighted by atomic mass is 10.2. The molecular formula is C14H26N4S. The van der Waals surface area contributed by atoms with Crippen molar-refractivity contribution in [3.05, 3.63) is 11.1 Å². The van der Waals surface area contributed by atoms with Crippen LogP contribution in [0.15, 0.2) is 5.38 Å². The van der Waals surface area contributed by atoms with Crippen LogP contribution < -0.4 is 10.2 Å². The lowest BCUT2D eigenvalue weighted by molar-refractivity contribution is 0.209. The molecule has 1 N–H and O–H groups in total. The first-order chi connectivity index (χ1) is 9.11. The second-order valence-corrected chi connectivity index (χ2v) is 6.29. The Bertz CT molecular complexity index is 383. The minimum atomic E-state index is 0.354.